The van der Waals surface area contributed by atoms with Crippen LogP contribution in [0.5, 0.6) is 0 Å². The van der Waals surface area contributed by atoms with E-state index in [0.29, 0.717) is 19.8 Å². The van der Waals surface area contributed by atoms with Crippen LogP contribution in [-0.2, 0) is 23.7 Å². The molecule has 1 atom stereocenters. The van der Waals surface area contributed by atoms with Crippen LogP contribution in [0.3, 0.4) is 0 Å². The first-order valence-corrected chi connectivity index (χ1v) is 18.6. The standard InChI is InChI=1S/C37H74O5/c1-6-10-14-18-19-20-21-22-23-24-25-26-27-31-35(40-32-28-15-11-7-2)37(36(38)39-5,41-33-29-16-12-8-3)42-34-30-17-13-9-4/h35H,6-34H2,1-5H3. The first-order chi connectivity index (χ1) is 20.6. The first-order valence-electron chi connectivity index (χ1n) is 18.6. The minimum Gasteiger partial charge on any atom is -0.465 e. The Bertz CT molecular complexity index is 538. The Labute approximate surface area is 262 Å². The SMILES string of the molecule is CCCCCCCCCCCCCCCC(OCCCCCC)C(OCCCCCC)(OCCCCCC)C(=O)OC. The maximum absolute atomic E-state index is 13.4. The third kappa shape index (κ3) is 21.9. The Morgan fingerprint density at radius 3 is 1.19 bits per heavy atom. The average molecular weight is 599 g/mol. The Kier molecular flexibility index (Phi) is 31.3. The van der Waals surface area contributed by atoms with Gasteiger partial charge in [0.1, 0.15) is 6.10 Å². The van der Waals surface area contributed by atoms with Gasteiger partial charge in [0.2, 0.25) is 0 Å². The predicted octanol–water partition coefficient (Wildman–Crippen LogP) is 11.5. The molecule has 42 heavy (non-hydrogen) atoms. The minimum absolute atomic E-state index is 0.443. The summed E-state index contributed by atoms with van der Waals surface area (Å²) in [4.78, 5) is 13.4. The van der Waals surface area contributed by atoms with Crippen LogP contribution in [0.25, 0.3) is 0 Å². The summed E-state index contributed by atoms with van der Waals surface area (Å²) < 4.78 is 24.7. The van der Waals surface area contributed by atoms with Crippen LogP contribution in [0.1, 0.15) is 195 Å². The highest BCUT2D eigenvalue weighted by molar-refractivity contribution is 5.78. The third-order valence-electron chi connectivity index (χ3n) is 8.41. The van der Waals surface area contributed by atoms with E-state index in [1.807, 2.05) is 0 Å². The maximum atomic E-state index is 13.4. The fraction of sp³-hybridized carbons (Fsp3) is 0.973. The zero-order valence-electron chi connectivity index (χ0n) is 29.1. The third-order valence-corrected chi connectivity index (χ3v) is 8.41. The molecule has 252 valence electrons. The number of esters is 1. The van der Waals surface area contributed by atoms with Crippen molar-refractivity contribution in [3.05, 3.63) is 0 Å². The zero-order chi connectivity index (χ0) is 31.0. The van der Waals surface area contributed by atoms with Crippen molar-refractivity contribution in [3.63, 3.8) is 0 Å². The van der Waals surface area contributed by atoms with Gasteiger partial charge in [-0.15, -0.1) is 0 Å². The molecule has 0 heterocycles. The van der Waals surface area contributed by atoms with Crippen LogP contribution in [0.15, 0.2) is 0 Å². The average Bonchev–Trinajstić information content (AvgIpc) is 3.00. The lowest BCUT2D eigenvalue weighted by molar-refractivity contribution is -0.289. The normalized spacial score (nSPS) is 12.6. The Balaban J connectivity index is 5.09. The van der Waals surface area contributed by atoms with Gasteiger partial charge in [-0.3, -0.25) is 0 Å². The van der Waals surface area contributed by atoms with Gasteiger partial charge in [0.15, 0.2) is 0 Å². The summed E-state index contributed by atoms with van der Waals surface area (Å²) in [5, 5.41) is 0. The fourth-order valence-electron chi connectivity index (χ4n) is 5.61. The van der Waals surface area contributed by atoms with E-state index in [0.717, 1.165) is 57.8 Å². The van der Waals surface area contributed by atoms with E-state index >= 15 is 0 Å². The van der Waals surface area contributed by atoms with E-state index in [4.69, 9.17) is 18.9 Å². The molecule has 0 aromatic heterocycles. The summed E-state index contributed by atoms with van der Waals surface area (Å²) in [6, 6.07) is 0. The van der Waals surface area contributed by atoms with E-state index in [-0.39, 0.29) is 0 Å². The predicted molar refractivity (Wildman–Crippen MR) is 179 cm³/mol. The second-order valence-electron chi connectivity index (χ2n) is 12.4. The molecule has 0 saturated heterocycles. The van der Waals surface area contributed by atoms with Gasteiger partial charge in [-0.05, 0) is 25.7 Å². The lowest BCUT2D eigenvalue weighted by Crippen LogP contribution is -2.56. The molecular weight excluding hydrogens is 524 g/mol. The molecule has 1 unspecified atom stereocenters. The van der Waals surface area contributed by atoms with Crippen molar-refractivity contribution in [1.29, 1.82) is 0 Å². The highest BCUT2D eigenvalue weighted by atomic mass is 16.7. The van der Waals surface area contributed by atoms with Crippen molar-refractivity contribution in [2.24, 2.45) is 0 Å². The van der Waals surface area contributed by atoms with Gasteiger partial charge in [0.05, 0.1) is 20.3 Å². The van der Waals surface area contributed by atoms with Crippen LogP contribution >= 0.6 is 0 Å². The quantitative estimate of drug-likeness (QED) is 0.0419. The van der Waals surface area contributed by atoms with Crippen molar-refractivity contribution < 1.29 is 23.7 Å². The second-order valence-corrected chi connectivity index (χ2v) is 12.4. The topological polar surface area (TPSA) is 54.0 Å². The molecule has 0 fully saturated rings. The Morgan fingerprint density at radius 1 is 0.476 bits per heavy atom. The molecule has 0 aliphatic rings. The van der Waals surface area contributed by atoms with Crippen LogP contribution in [0.4, 0.5) is 0 Å². The summed E-state index contributed by atoms with van der Waals surface area (Å²) in [5.74, 6) is -1.92. The number of methoxy groups -OCH3 is 1. The maximum Gasteiger partial charge on any atom is 0.369 e. The van der Waals surface area contributed by atoms with Gasteiger partial charge in [0.25, 0.3) is 5.79 Å². The van der Waals surface area contributed by atoms with Crippen molar-refractivity contribution in [2.75, 3.05) is 26.9 Å². The second kappa shape index (κ2) is 31.8. The number of carbonyl (C=O) groups excluding carboxylic acids is 1. The summed E-state index contributed by atoms with van der Waals surface area (Å²) in [7, 11) is 1.45. The van der Waals surface area contributed by atoms with Gasteiger partial charge in [-0.25, -0.2) is 4.79 Å². The molecule has 0 spiro atoms. The highest BCUT2D eigenvalue weighted by Crippen LogP contribution is 2.29. The smallest absolute Gasteiger partial charge is 0.369 e. The zero-order valence-corrected chi connectivity index (χ0v) is 29.1. The van der Waals surface area contributed by atoms with E-state index in [2.05, 4.69) is 27.7 Å². The van der Waals surface area contributed by atoms with Gasteiger partial charge in [-0.1, -0.05) is 169 Å². The van der Waals surface area contributed by atoms with E-state index in [9.17, 15) is 4.79 Å². The number of hydrogen-bond donors (Lipinski definition) is 0. The number of ether oxygens (including phenoxy) is 4. The minimum atomic E-state index is -1.48. The largest absolute Gasteiger partial charge is 0.465 e. The van der Waals surface area contributed by atoms with Gasteiger partial charge < -0.3 is 18.9 Å². The molecule has 0 rings (SSSR count). The summed E-state index contributed by atoms with van der Waals surface area (Å²) in [5.41, 5.74) is 0. The lowest BCUT2D eigenvalue weighted by atomic mass is 10.00. The lowest BCUT2D eigenvalue weighted by Gasteiger charge is -2.37. The van der Waals surface area contributed by atoms with Crippen LogP contribution in [0, 0.1) is 0 Å². The van der Waals surface area contributed by atoms with Crippen LogP contribution in [0.2, 0.25) is 0 Å². The summed E-state index contributed by atoms with van der Waals surface area (Å²) >= 11 is 0. The summed E-state index contributed by atoms with van der Waals surface area (Å²) in [6.07, 6.45) is 30.6. The van der Waals surface area contributed by atoms with Gasteiger partial charge in [0, 0.05) is 6.61 Å². The van der Waals surface area contributed by atoms with E-state index in [1.54, 1.807) is 0 Å². The van der Waals surface area contributed by atoms with Crippen LogP contribution in [-0.4, -0.2) is 44.8 Å². The highest BCUT2D eigenvalue weighted by Gasteiger charge is 2.50. The Hall–Kier alpha value is -0.650. The number of carbonyl (C=O) groups is 1. The Morgan fingerprint density at radius 2 is 0.810 bits per heavy atom. The monoisotopic (exact) mass is 599 g/mol. The molecule has 0 N–H and O–H groups in total. The molecule has 5 nitrogen and oxygen atoms in total. The summed E-state index contributed by atoms with van der Waals surface area (Å²) in [6.45, 7) is 10.5. The molecule has 0 aliphatic heterocycles. The molecule has 0 aromatic rings. The molecule has 0 amide bonds. The number of unbranched alkanes of at least 4 members (excludes halogenated alkanes) is 21. The van der Waals surface area contributed by atoms with Crippen molar-refractivity contribution >= 4 is 5.97 Å². The molecule has 0 bridgehead atoms. The molecule has 0 radical (unpaired) electrons. The van der Waals surface area contributed by atoms with Gasteiger partial charge >= 0.3 is 5.97 Å². The molecular formula is C37H74O5. The van der Waals surface area contributed by atoms with E-state index < -0.39 is 17.9 Å². The van der Waals surface area contributed by atoms with Crippen molar-refractivity contribution in [2.45, 2.75) is 207 Å². The van der Waals surface area contributed by atoms with Crippen LogP contribution < -0.4 is 0 Å². The molecule has 0 aromatic carbocycles. The molecule has 0 saturated carbocycles. The van der Waals surface area contributed by atoms with Crippen molar-refractivity contribution in [1.82, 2.24) is 0 Å². The number of rotatable bonds is 34. The van der Waals surface area contributed by atoms with E-state index in [1.165, 1.54) is 116 Å². The molecule has 0 aliphatic carbocycles. The van der Waals surface area contributed by atoms with Crippen molar-refractivity contribution in [3.8, 4) is 0 Å². The van der Waals surface area contributed by atoms with Gasteiger partial charge in [-0.2, -0.15) is 0 Å². The first kappa shape index (κ1) is 41.4. The fourth-order valence-corrected chi connectivity index (χ4v) is 5.61. The number of hydrogen-bond acceptors (Lipinski definition) is 5. The molecule has 5 heteroatoms.